The first-order valence-electron chi connectivity index (χ1n) is 8.08. The van der Waals surface area contributed by atoms with Gasteiger partial charge in [0.1, 0.15) is 11.5 Å². The molecule has 120 valence electrons. The Hall–Kier alpha value is -2.23. The van der Waals surface area contributed by atoms with Crippen molar-refractivity contribution in [1.29, 1.82) is 0 Å². The van der Waals surface area contributed by atoms with E-state index in [0.717, 1.165) is 40.3 Å². The molecule has 2 aromatic rings. The lowest BCUT2D eigenvalue weighted by Gasteiger charge is -2.22. The molecule has 4 nitrogen and oxygen atoms in total. The summed E-state index contributed by atoms with van der Waals surface area (Å²) in [5.74, 6) is 2.09. The topological polar surface area (TPSA) is 55.8 Å². The molecule has 0 aliphatic heterocycles. The predicted molar refractivity (Wildman–Crippen MR) is 87.3 cm³/mol. The standard InChI is InChI=1S/C19H20O4/c1-9-5-4-6-13-14(9)18(23-19(21)22-3)16-12-8-7-11(10(12)2)15(16)17(13)20/h4-6,10-12,20H,7-8H2,1-3H3. The molecule has 0 spiro atoms. The van der Waals surface area contributed by atoms with E-state index in [2.05, 4.69) is 6.92 Å². The number of fused-ring (bicyclic) bond motifs is 6. The van der Waals surface area contributed by atoms with Crippen molar-refractivity contribution < 1.29 is 19.4 Å². The van der Waals surface area contributed by atoms with Crippen molar-refractivity contribution >= 4 is 16.9 Å². The number of benzene rings is 2. The van der Waals surface area contributed by atoms with Gasteiger partial charge in [-0.3, -0.25) is 0 Å². The number of carbonyl (C=O) groups excluding carboxylic acids is 1. The predicted octanol–water partition coefficient (Wildman–Crippen LogP) is 4.61. The molecule has 3 unspecified atom stereocenters. The summed E-state index contributed by atoms with van der Waals surface area (Å²) < 4.78 is 10.3. The molecule has 0 saturated heterocycles. The molecule has 3 atom stereocenters. The smallest absolute Gasteiger partial charge is 0.507 e. The molecule has 0 heterocycles. The number of ether oxygens (including phenoxy) is 2. The van der Waals surface area contributed by atoms with Crippen LogP contribution in [0.15, 0.2) is 18.2 Å². The highest BCUT2D eigenvalue weighted by atomic mass is 16.7. The maximum absolute atomic E-state index is 11.8. The lowest BCUT2D eigenvalue weighted by Crippen LogP contribution is -2.12. The van der Waals surface area contributed by atoms with Gasteiger partial charge in [-0.15, -0.1) is 0 Å². The van der Waals surface area contributed by atoms with Gasteiger partial charge in [0.25, 0.3) is 0 Å². The summed E-state index contributed by atoms with van der Waals surface area (Å²) in [6, 6.07) is 5.77. The second kappa shape index (κ2) is 4.88. The highest BCUT2D eigenvalue weighted by Crippen LogP contribution is 2.63. The number of carbonyl (C=O) groups is 1. The number of hydrogen-bond acceptors (Lipinski definition) is 4. The van der Waals surface area contributed by atoms with Gasteiger partial charge in [-0.2, -0.15) is 0 Å². The first-order chi connectivity index (χ1) is 11.0. The van der Waals surface area contributed by atoms with E-state index < -0.39 is 6.16 Å². The molecule has 4 rings (SSSR count). The van der Waals surface area contributed by atoms with Crippen molar-refractivity contribution in [3.05, 3.63) is 34.9 Å². The van der Waals surface area contributed by atoms with Gasteiger partial charge in [0.15, 0.2) is 0 Å². The number of methoxy groups -OCH3 is 1. The molecule has 2 aliphatic carbocycles. The SMILES string of the molecule is COC(=O)Oc1c2c(c(O)c3cccc(C)c13)C1CCC2C1C. The van der Waals surface area contributed by atoms with E-state index in [1.807, 2.05) is 25.1 Å². The minimum Gasteiger partial charge on any atom is -0.507 e. The second-order valence-corrected chi connectivity index (χ2v) is 6.71. The van der Waals surface area contributed by atoms with Crippen molar-refractivity contribution in [2.75, 3.05) is 7.11 Å². The van der Waals surface area contributed by atoms with Crippen LogP contribution in [0, 0.1) is 12.8 Å². The summed E-state index contributed by atoms with van der Waals surface area (Å²) in [6.45, 7) is 4.19. The van der Waals surface area contributed by atoms with Gasteiger partial charge in [0, 0.05) is 21.9 Å². The Morgan fingerprint density at radius 3 is 2.61 bits per heavy atom. The van der Waals surface area contributed by atoms with Crippen molar-refractivity contribution in [2.45, 2.75) is 38.5 Å². The summed E-state index contributed by atoms with van der Waals surface area (Å²) in [4.78, 5) is 11.8. The Morgan fingerprint density at radius 1 is 1.22 bits per heavy atom. The van der Waals surface area contributed by atoms with E-state index >= 15 is 0 Å². The largest absolute Gasteiger partial charge is 0.513 e. The molecular formula is C19H20O4. The first-order valence-corrected chi connectivity index (χ1v) is 8.08. The maximum atomic E-state index is 11.8. The average molecular weight is 312 g/mol. The molecule has 2 aromatic carbocycles. The molecule has 2 aliphatic rings. The number of hydrogen-bond donors (Lipinski definition) is 1. The van der Waals surface area contributed by atoms with Crippen LogP contribution in [0.3, 0.4) is 0 Å². The molecule has 0 radical (unpaired) electrons. The molecule has 23 heavy (non-hydrogen) atoms. The number of phenolic OH excluding ortho intramolecular Hbond substituents is 1. The third-order valence-electron chi connectivity index (χ3n) is 5.70. The fourth-order valence-corrected chi connectivity index (χ4v) is 4.65. The zero-order chi connectivity index (χ0) is 16.3. The molecule has 2 bridgehead atoms. The van der Waals surface area contributed by atoms with Crippen LogP contribution in [-0.2, 0) is 4.74 Å². The zero-order valence-electron chi connectivity index (χ0n) is 13.6. The molecule has 0 aromatic heterocycles. The van der Waals surface area contributed by atoms with Crippen LogP contribution in [0.5, 0.6) is 11.5 Å². The normalized spacial score (nSPS) is 24.7. The van der Waals surface area contributed by atoms with Crippen LogP contribution < -0.4 is 4.74 Å². The minimum absolute atomic E-state index is 0.338. The van der Waals surface area contributed by atoms with Crippen molar-refractivity contribution in [1.82, 2.24) is 0 Å². The van der Waals surface area contributed by atoms with Crippen molar-refractivity contribution in [3.8, 4) is 11.5 Å². The minimum atomic E-state index is -0.710. The van der Waals surface area contributed by atoms with E-state index in [9.17, 15) is 9.90 Å². The molecule has 4 heteroatoms. The highest BCUT2D eigenvalue weighted by Gasteiger charge is 2.48. The first kappa shape index (κ1) is 14.4. The summed E-state index contributed by atoms with van der Waals surface area (Å²) in [5.41, 5.74) is 2.97. The number of aryl methyl sites for hydroxylation is 1. The second-order valence-electron chi connectivity index (χ2n) is 6.71. The van der Waals surface area contributed by atoms with E-state index in [1.165, 1.54) is 7.11 Å². The third-order valence-corrected chi connectivity index (χ3v) is 5.70. The van der Waals surface area contributed by atoms with Gasteiger partial charge >= 0.3 is 6.16 Å². The number of phenols is 1. The van der Waals surface area contributed by atoms with E-state index in [-0.39, 0.29) is 0 Å². The summed E-state index contributed by atoms with van der Waals surface area (Å²) in [7, 11) is 1.31. The van der Waals surface area contributed by atoms with E-state index in [0.29, 0.717) is 29.3 Å². The Labute approximate surface area is 135 Å². The molecule has 0 amide bonds. The van der Waals surface area contributed by atoms with Crippen molar-refractivity contribution in [3.63, 3.8) is 0 Å². The summed E-state index contributed by atoms with van der Waals surface area (Å²) >= 11 is 0. The van der Waals surface area contributed by atoms with Crippen LogP contribution in [0.25, 0.3) is 10.8 Å². The lowest BCUT2D eigenvalue weighted by molar-refractivity contribution is 0.121. The zero-order valence-corrected chi connectivity index (χ0v) is 13.6. The van der Waals surface area contributed by atoms with Crippen LogP contribution in [0.2, 0.25) is 0 Å². The Balaban J connectivity index is 2.09. The fraction of sp³-hybridized carbons (Fsp3) is 0.421. The summed E-state index contributed by atoms with van der Waals surface area (Å²) in [5, 5.41) is 12.4. The third kappa shape index (κ3) is 1.81. The number of aromatic hydroxyl groups is 1. The van der Waals surface area contributed by atoms with Gasteiger partial charge in [-0.05, 0) is 43.1 Å². The number of rotatable bonds is 1. The molecule has 1 fully saturated rings. The highest BCUT2D eigenvalue weighted by molar-refractivity contribution is 6.00. The van der Waals surface area contributed by atoms with Crippen molar-refractivity contribution in [2.24, 2.45) is 5.92 Å². The molecular weight excluding hydrogens is 292 g/mol. The average Bonchev–Trinajstić information content (AvgIpc) is 3.04. The van der Waals surface area contributed by atoms with Gasteiger partial charge in [-0.1, -0.05) is 25.1 Å². The monoisotopic (exact) mass is 312 g/mol. The van der Waals surface area contributed by atoms with E-state index in [4.69, 9.17) is 9.47 Å². The Kier molecular flexibility index (Phi) is 3.05. The van der Waals surface area contributed by atoms with Gasteiger partial charge in [0.05, 0.1) is 7.11 Å². The lowest BCUT2D eigenvalue weighted by atomic mass is 9.86. The van der Waals surface area contributed by atoms with Gasteiger partial charge < -0.3 is 14.6 Å². The van der Waals surface area contributed by atoms with Crippen LogP contribution in [-0.4, -0.2) is 18.4 Å². The molecule has 1 N–H and O–H groups in total. The van der Waals surface area contributed by atoms with E-state index in [1.54, 1.807) is 0 Å². The van der Waals surface area contributed by atoms with Gasteiger partial charge in [-0.25, -0.2) is 4.79 Å². The van der Waals surface area contributed by atoms with Crippen LogP contribution >= 0.6 is 0 Å². The van der Waals surface area contributed by atoms with Gasteiger partial charge in [0.2, 0.25) is 0 Å². The quantitative estimate of drug-likeness (QED) is 0.617. The Bertz CT molecular complexity index is 824. The maximum Gasteiger partial charge on any atom is 0.513 e. The molecule has 1 saturated carbocycles. The summed E-state index contributed by atoms with van der Waals surface area (Å²) in [6.07, 6.45) is 1.45. The van der Waals surface area contributed by atoms with Crippen LogP contribution in [0.4, 0.5) is 4.79 Å². The Morgan fingerprint density at radius 2 is 1.91 bits per heavy atom. The van der Waals surface area contributed by atoms with Crippen LogP contribution in [0.1, 0.15) is 48.3 Å². The fourth-order valence-electron chi connectivity index (χ4n) is 4.65.